The van der Waals surface area contributed by atoms with E-state index in [0.29, 0.717) is 11.4 Å². The van der Waals surface area contributed by atoms with Crippen molar-refractivity contribution in [3.05, 3.63) is 23.4 Å². The Labute approximate surface area is 95.9 Å². The van der Waals surface area contributed by atoms with Crippen molar-refractivity contribution in [2.75, 3.05) is 11.9 Å². The highest BCUT2D eigenvalue weighted by molar-refractivity contribution is 5.94. The number of hydrogen-bond acceptors (Lipinski definition) is 3. The summed E-state index contributed by atoms with van der Waals surface area (Å²) in [5.74, 6) is -0.377. The fourth-order valence-electron chi connectivity index (χ4n) is 1.56. The molecule has 0 radical (unpaired) electrons. The van der Waals surface area contributed by atoms with Gasteiger partial charge in [-0.1, -0.05) is 6.92 Å². The summed E-state index contributed by atoms with van der Waals surface area (Å²) in [6.07, 6.45) is 2.60. The molecule has 1 aromatic rings. The van der Waals surface area contributed by atoms with Gasteiger partial charge in [-0.15, -0.1) is 0 Å². The summed E-state index contributed by atoms with van der Waals surface area (Å²) in [6.45, 7) is 5.91. The molecule has 88 valence electrons. The van der Waals surface area contributed by atoms with E-state index in [1.54, 1.807) is 19.2 Å². The predicted molar refractivity (Wildman–Crippen MR) is 64.1 cm³/mol. The minimum absolute atomic E-state index is 0.271. The molecule has 1 rings (SSSR count). The third kappa shape index (κ3) is 2.32. The molecular formula is C12H18N2O2. The number of pyridine rings is 1. The molecule has 1 unspecified atom stereocenters. The van der Waals surface area contributed by atoms with Gasteiger partial charge in [0.2, 0.25) is 0 Å². The lowest BCUT2D eigenvalue weighted by molar-refractivity contribution is 0.0696. The van der Waals surface area contributed by atoms with Crippen molar-refractivity contribution in [3.8, 4) is 0 Å². The summed E-state index contributed by atoms with van der Waals surface area (Å²) in [4.78, 5) is 17.3. The first kappa shape index (κ1) is 12.5. The second-order valence-electron chi connectivity index (χ2n) is 4.00. The topological polar surface area (TPSA) is 53.4 Å². The molecule has 0 fully saturated rings. The van der Waals surface area contributed by atoms with Gasteiger partial charge in [-0.2, -0.15) is 0 Å². The zero-order valence-electron chi connectivity index (χ0n) is 10.2. The van der Waals surface area contributed by atoms with E-state index in [1.807, 2.05) is 11.9 Å². The molecule has 0 amide bonds. The Balaban J connectivity index is 3.22. The second-order valence-corrected chi connectivity index (χ2v) is 4.00. The average molecular weight is 222 g/mol. The van der Waals surface area contributed by atoms with Crippen molar-refractivity contribution in [3.63, 3.8) is 0 Å². The van der Waals surface area contributed by atoms with Gasteiger partial charge >= 0.3 is 5.97 Å². The number of carboxylic acid groups (broad SMARTS) is 1. The molecule has 0 aromatic carbocycles. The minimum atomic E-state index is -0.921. The summed E-state index contributed by atoms with van der Waals surface area (Å²) in [6, 6.07) is 1.99. The average Bonchev–Trinajstić information content (AvgIpc) is 2.26. The molecule has 1 heterocycles. The van der Waals surface area contributed by atoms with Gasteiger partial charge in [0.05, 0.1) is 0 Å². The van der Waals surface area contributed by atoms with E-state index in [4.69, 9.17) is 0 Å². The number of carbonyl (C=O) groups is 1. The summed E-state index contributed by atoms with van der Waals surface area (Å²) < 4.78 is 0. The molecule has 0 aliphatic heterocycles. The number of aromatic nitrogens is 1. The molecule has 0 saturated carbocycles. The van der Waals surface area contributed by atoms with Gasteiger partial charge in [-0.25, -0.2) is 9.78 Å². The van der Waals surface area contributed by atoms with Gasteiger partial charge in [-0.05, 0) is 31.9 Å². The van der Waals surface area contributed by atoms with Gasteiger partial charge in [0.25, 0.3) is 0 Å². The van der Waals surface area contributed by atoms with Crippen molar-refractivity contribution < 1.29 is 9.90 Å². The van der Waals surface area contributed by atoms with Gasteiger partial charge < -0.3 is 10.0 Å². The first-order valence-electron chi connectivity index (χ1n) is 5.40. The molecule has 0 aliphatic carbocycles. The van der Waals surface area contributed by atoms with Crippen LogP contribution in [0.3, 0.4) is 0 Å². The normalized spacial score (nSPS) is 12.2. The zero-order chi connectivity index (χ0) is 12.3. The molecule has 0 spiro atoms. The van der Waals surface area contributed by atoms with Crippen LogP contribution in [0, 0.1) is 6.92 Å². The van der Waals surface area contributed by atoms with Crippen LogP contribution in [0.5, 0.6) is 0 Å². The number of carboxylic acids is 1. The first-order valence-corrected chi connectivity index (χ1v) is 5.40. The molecule has 0 aliphatic rings. The standard InChI is InChI=1S/C12H18N2O2/c1-5-9(3)14(4)11-10(12(15)16)8(2)6-7-13-11/h6-7,9H,5H2,1-4H3,(H,15,16). The molecule has 4 heteroatoms. The number of aryl methyl sites for hydroxylation is 1. The third-order valence-corrected chi connectivity index (χ3v) is 2.94. The summed E-state index contributed by atoms with van der Waals surface area (Å²) >= 11 is 0. The highest BCUT2D eigenvalue weighted by Crippen LogP contribution is 2.22. The molecule has 0 saturated heterocycles. The van der Waals surface area contributed by atoms with Gasteiger partial charge in [0.1, 0.15) is 11.4 Å². The Hall–Kier alpha value is -1.58. The monoisotopic (exact) mass is 222 g/mol. The van der Waals surface area contributed by atoms with Crippen LogP contribution in [0.4, 0.5) is 5.82 Å². The third-order valence-electron chi connectivity index (χ3n) is 2.94. The lowest BCUT2D eigenvalue weighted by Gasteiger charge is -2.26. The molecule has 1 N–H and O–H groups in total. The molecule has 0 bridgehead atoms. The van der Waals surface area contributed by atoms with Crippen LogP contribution in [0.1, 0.15) is 36.2 Å². The fraction of sp³-hybridized carbons (Fsp3) is 0.500. The highest BCUT2D eigenvalue weighted by atomic mass is 16.4. The van der Waals surface area contributed by atoms with E-state index in [2.05, 4.69) is 18.8 Å². The van der Waals surface area contributed by atoms with Gasteiger partial charge in [-0.3, -0.25) is 0 Å². The van der Waals surface area contributed by atoms with Crippen LogP contribution in [-0.4, -0.2) is 29.1 Å². The van der Waals surface area contributed by atoms with E-state index in [1.165, 1.54) is 0 Å². The van der Waals surface area contributed by atoms with Crippen LogP contribution < -0.4 is 4.90 Å². The van der Waals surface area contributed by atoms with Crippen molar-refractivity contribution in [2.45, 2.75) is 33.2 Å². The Morgan fingerprint density at radius 3 is 2.75 bits per heavy atom. The minimum Gasteiger partial charge on any atom is -0.478 e. The Morgan fingerprint density at radius 1 is 1.62 bits per heavy atom. The highest BCUT2D eigenvalue weighted by Gasteiger charge is 2.19. The van der Waals surface area contributed by atoms with E-state index >= 15 is 0 Å². The Morgan fingerprint density at radius 2 is 2.25 bits per heavy atom. The number of rotatable bonds is 4. The van der Waals surface area contributed by atoms with E-state index in [9.17, 15) is 9.90 Å². The maximum atomic E-state index is 11.2. The van der Waals surface area contributed by atoms with Crippen LogP contribution >= 0.6 is 0 Å². The second kappa shape index (κ2) is 4.96. The Kier molecular flexibility index (Phi) is 3.88. The van der Waals surface area contributed by atoms with Gasteiger partial charge in [0, 0.05) is 19.3 Å². The fourth-order valence-corrected chi connectivity index (χ4v) is 1.56. The van der Waals surface area contributed by atoms with Gasteiger partial charge in [0.15, 0.2) is 0 Å². The molecule has 1 atom stereocenters. The van der Waals surface area contributed by atoms with Crippen molar-refractivity contribution in [2.24, 2.45) is 0 Å². The number of aromatic carboxylic acids is 1. The summed E-state index contributed by atoms with van der Waals surface area (Å²) in [5.41, 5.74) is 1.04. The first-order chi connectivity index (χ1) is 7.49. The van der Waals surface area contributed by atoms with Crippen molar-refractivity contribution >= 4 is 11.8 Å². The molecular weight excluding hydrogens is 204 g/mol. The summed E-state index contributed by atoms with van der Waals surface area (Å²) in [5, 5.41) is 9.18. The number of hydrogen-bond donors (Lipinski definition) is 1. The SMILES string of the molecule is CCC(C)N(C)c1nccc(C)c1C(=O)O. The smallest absolute Gasteiger partial charge is 0.339 e. The number of anilines is 1. The van der Waals surface area contributed by atoms with E-state index < -0.39 is 5.97 Å². The maximum absolute atomic E-state index is 11.2. The van der Waals surface area contributed by atoms with Crippen LogP contribution in [0.25, 0.3) is 0 Å². The van der Waals surface area contributed by atoms with Crippen molar-refractivity contribution in [1.29, 1.82) is 0 Å². The zero-order valence-corrected chi connectivity index (χ0v) is 10.2. The quantitative estimate of drug-likeness (QED) is 0.849. The van der Waals surface area contributed by atoms with Crippen LogP contribution in [-0.2, 0) is 0 Å². The molecule has 1 aromatic heterocycles. The lowest BCUT2D eigenvalue weighted by Crippen LogP contribution is -2.30. The Bertz CT molecular complexity index is 391. The largest absolute Gasteiger partial charge is 0.478 e. The predicted octanol–water partition coefficient (Wildman–Crippen LogP) is 2.32. The number of nitrogens with zero attached hydrogens (tertiary/aromatic N) is 2. The van der Waals surface area contributed by atoms with Crippen LogP contribution in [0.2, 0.25) is 0 Å². The van der Waals surface area contributed by atoms with Crippen molar-refractivity contribution in [1.82, 2.24) is 4.98 Å². The van der Waals surface area contributed by atoms with E-state index in [-0.39, 0.29) is 6.04 Å². The van der Waals surface area contributed by atoms with Crippen LogP contribution in [0.15, 0.2) is 12.3 Å². The lowest BCUT2D eigenvalue weighted by atomic mass is 10.1. The summed E-state index contributed by atoms with van der Waals surface area (Å²) in [7, 11) is 1.88. The molecule has 4 nitrogen and oxygen atoms in total. The molecule has 16 heavy (non-hydrogen) atoms. The van der Waals surface area contributed by atoms with E-state index in [0.717, 1.165) is 12.0 Å². The maximum Gasteiger partial charge on any atom is 0.339 e.